The second kappa shape index (κ2) is 7.38. The summed E-state index contributed by atoms with van der Waals surface area (Å²) in [5, 5.41) is 0. The molecule has 0 radical (unpaired) electrons. The molecule has 5 rings (SSSR count). The second-order valence-corrected chi connectivity index (χ2v) is 7.44. The van der Waals surface area contributed by atoms with Gasteiger partial charge >= 0.3 is 5.97 Å². The van der Waals surface area contributed by atoms with Gasteiger partial charge < -0.3 is 28.3 Å². The highest BCUT2D eigenvalue weighted by molar-refractivity contribution is 7.16. The summed E-state index contributed by atoms with van der Waals surface area (Å²) in [6, 6.07) is 8.47. The van der Waals surface area contributed by atoms with Gasteiger partial charge in [0.2, 0.25) is 13.6 Å². The average Bonchev–Trinajstić information content (AvgIpc) is 3.45. The SMILES string of the molecule is CCOC(=O)Cn1c(=NC(=O)c2ccc3c(c2)OCO3)sc2cc3c(cc21)OCO3. The van der Waals surface area contributed by atoms with Crippen LogP contribution in [0.2, 0.25) is 0 Å². The van der Waals surface area contributed by atoms with Gasteiger partial charge in [-0.25, -0.2) is 0 Å². The van der Waals surface area contributed by atoms with E-state index >= 15 is 0 Å². The van der Waals surface area contributed by atoms with Gasteiger partial charge in [-0.15, -0.1) is 0 Å². The zero-order valence-electron chi connectivity index (χ0n) is 15.9. The van der Waals surface area contributed by atoms with Crippen LogP contribution < -0.4 is 23.7 Å². The van der Waals surface area contributed by atoms with Crippen molar-refractivity contribution >= 4 is 33.4 Å². The molecule has 2 aliphatic rings. The van der Waals surface area contributed by atoms with Crippen molar-refractivity contribution < 1.29 is 33.3 Å². The largest absolute Gasteiger partial charge is 0.465 e. The third kappa shape index (κ3) is 3.24. The Kier molecular flexibility index (Phi) is 4.55. The van der Waals surface area contributed by atoms with Crippen molar-refractivity contribution in [1.29, 1.82) is 0 Å². The molecule has 3 heterocycles. The molecule has 30 heavy (non-hydrogen) atoms. The van der Waals surface area contributed by atoms with Crippen LogP contribution in [-0.2, 0) is 16.1 Å². The molecule has 0 spiro atoms. The molecule has 2 aliphatic heterocycles. The van der Waals surface area contributed by atoms with Crippen LogP contribution in [0, 0.1) is 0 Å². The van der Waals surface area contributed by atoms with Crippen LogP contribution in [0.15, 0.2) is 35.3 Å². The number of thiazole rings is 1. The molecule has 154 valence electrons. The number of aromatic nitrogens is 1. The van der Waals surface area contributed by atoms with E-state index in [9.17, 15) is 9.59 Å². The van der Waals surface area contributed by atoms with Crippen LogP contribution in [0.4, 0.5) is 0 Å². The number of carbonyl (C=O) groups is 2. The lowest BCUT2D eigenvalue weighted by atomic mass is 10.2. The quantitative estimate of drug-likeness (QED) is 0.589. The van der Waals surface area contributed by atoms with Crippen LogP contribution in [-0.4, -0.2) is 36.6 Å². The Balaban J connectivity index is 1.59. The van der Waals surface area contributed by atoms with Crippen molar-refractivity contribution in [1.82, 2.24) is 4.57 Å². The van der Waals surface area contributed by atoms with E-state index in [1.165, 1.54) is 11.3 Å². The maximum Gasteiger partial charge on any atom is 0.326 e. The van der Waals surface area contributed by atoms with E-state index in [-0.39, 0.29) is 26.7 Å². The van der Waals surface area contributed by atoms with E-state index in [0.29, 0.717) is 38.9 Å². The van der Waals surface area contributed by atoms with Gasteiger partial charge in [0.05, 0.1) is 16.8 Å². The lowest BCUT2D eigenvalue weighted by molar-refractivity contribution is -0.143. The van der Waals surface area contributed by atoms with Gasteiger partial charge in [-0.1, -0.05) is 11.3 Å². The summed E-state index contributed by atoms with van der Waals surface area (Å²) < 4.78 is 29.0. The molecule has 1 aromatic heterocycles. The first-order valence-corrected chi connectivity index (χ1v) is 10.0. The Bertz CT molecular complexity index is 1240. The molecule has 0 bridgehead atoms. The third-order valence-electron chi connectivity index (χ3n) is 4.59. The average molecular weight is 428 g/mol. The summed E-state index contributed by atoms with van der Waals surface area (Å²) in [5.41, 5.74) is 1.06. The fraction of sp³-hybridized carbons (Fsp3) is 0.250. The van der Waals surface area contributed by atoms with Crippen molar-refractivity contribution in [2.45, 2.75) is 13.5 Å². The standard InChI is InChI=1S/C20H16N2O7S/c1-2-25-18(23)8-22-12-6-15-16(29-10-28-15)7-17(12)30-20(22)21-19(24)11-3-4-13-14(5-11)27-9-26-13/h3-7H,2,8-10H2,1H3. The minimum absolute atomic E-state index is 0.0826. The first-order chi connectivity index (χ1) is 14.6. The highest BCUT2D eigenvalue weighted by Gasteiger charge is 2.20. The summed E-state index contributed by atoms with van der Waals surface area (Å²) in [6.45, 7) is 2.18. The van der Waals surface area contributed by atoms with Crippen molar-refractivity contribution in [2.75, 3.05) is 20.2 Å². The Labute approximate surface area is 174 Å². The van der Waals surface area contributed by atoms with Gasteiger partial charge in [0.15, 0.2) is 27.8 Å². The van der Waals surface area contributed by atoms with E-state index in [2.05, 4.69) is 4.99 Å². The highest BCUT2D eigenvalue weighted by atomic mass is 32.1. The minimum atomic E-state index is -0.461. The third-order valence-corrected chi connectivity index (χ3v) is 5.63. The first kappa shape index (κ1) is 18.5. The highest BCUT2D eigenvalue weighted by Crippen LogP contribution is 2.37. The first-order valence-electron chi connectivity index (χ1n) is 9.19. The molecule has 0 fully saturated rings. The molecule has 0 aliphatic carbocycles. The van der Waals surface area contributed by atoms with Gasteiger partial charge in [-0.3, -0.25) is 9.59 Å². The maximum absolute atomic E-state index is 12.8. The maximum atomic E-state index is 12.8. The summed E-state index contributed by atoms with van der Waals surface area (Å²) in [5.74, 6) is 1.38. The van der Waals surface area contributed by atoms with Crippen LogP contribution in [0.3, 0.4) is 0 Å². The van der Waals surface area contributed by atoms with E-state index in [4.69, 9.17) is 23.7 Å². The number of nitrogens with zero attached hydrogens (tertiary/aromatic N) is 2. The molecule has 9 nitrogen and oxygen atoms in total. The molecule has 0 saturated carbocycles. The zero-order chi connectivity index (χ0) is 20.7. The van der Waals surface area contributed by atoms with Crippen LogP contribution in [0.25, 0.3) is 10.2 Å². The Morgan fingerprint density at radius 1 is 1.03 bits per heavy atom. The van der Waals surface area contributed by atoms with Gasteiger partial charge in [0, 0.05) is 17.7 Å². The molecule has 2 aromatic carbocycles. The summed E-state index contributed by atoms with van der Waals surface area (Å²) in [6.07, 6.45) is 0. The topological polar surface area (TPSA) is 97.6 Å². The smallest absolute Gasteiger partial charge is 0.326 e. The normalized spacial score (nSPS) is 14.4. The summed E-state index contributed by atoms with van der Waals surface area (Å²) >= 11 is 1.27. The van der Waals surface area contributed by atoms with Crippen molar-refractivity contribution in [3.8, 4) is 23.0 Å². The number of carbonyl (C=O) groups excluding carboxylic acids is 2. The second-order valence-electron chi connectivity index (χ2n) is 6.43. The van der Waals surface area contributed by atoms with Crippen LogP contribution in [0.5, 0.6) is 23.0 Å². The molecule has 3 aromatic rings. The van der Waals surface area contributed by atoms with E-state index < -0.39 is 11.9 Å². The van der Waals surface area contributed by atoms with Gasteiger partial charge in [-0.2, -0.15) is 4.99 Å². The number of hydrogen-bond acceptors (Lipinski definition) is 8. The lowest BCUT2D eigenvalue weighted by Crippen LogP contribution is -2.23. The number of hydrogen-bond donors (Lipinski definition) is 0. The molecule has 0 saturated heterocycles. The Hall–Kier alpha value is -3.53. The van der Waals surface area contributed by atoms with Gasteiger partial charge in [-0.05, 0) is 25.1 Å². The summed E-state index contributed by atoms with van der Waals surface area (Å²) in [7, 11) is 0. The fourth-order valence-corrected chi connectivity index (χ4v) is 4.25. The fourth-order valence-electron chi connectivity index (χ4n) is 3.21. The van der Waals surface area contributed by atoms with Crippen molar-refractivity contribution in [2.24, 2.45) is 4.99 Å². The molecule has 10 heteroatoms. The number of amides is 1. The Morgan fingerprint density at radius 2 is 1.73 bits per heavy atom. The predicted octanol–water partition coefficient (Wildman–Crippen LogP) is 2.46. The lowest BCUT2D eigenvalue weighted by Gasteiger charge is -2.05. The molecule has 0 N–H and O–H groups in total. The van der Waals surface area contributed by atoms with E-state index in [1.807, 2.05) is 6.07 Å². The molecule has 0 atom stereocenters. The van der Waals surface area contributed by atoms with E-state index in [1.54, 1.807) is 35.8 Å². The van der Waals surface area contributed by atoms with Crippen LogP contribution >= 0.6 is 11.3 Å². The number of fused-ring (bicyclic) bond motifs is 3. The monoisotopic (exact) mass is 428 g/mol. The number of benzene rings is 2. The number of ether oxygens (including phenoxy) is 5. The van der Waals surface area contributed by atoms with Crippen LogP contribution in [0.1, 0.15) is 17.3 Å². The van der Waals surface area contributed by atoms with Crippen molar-refractivity contribution in [3.05, 3.63) is 40.7 Å². The molecule has 1 amide bonds. The minimum Gasteiger partial charge on any atom is -0.465 e. The van der Waals surface area contributed by atoms with Crippen molar-refractivity contribution in [3.63, 3.8) is 0 Å². The number of rotatable bonds is 4. The zero-order valence-corrected chi connectivity index (χ0v) is 16.7. The number of esters is 1. The molecular formula is C20H16N2O7S. The Morgan fingerprint density at radius 3 is 2.50 bits per heavy atom. The van der Waals surface area contributed by atoms with Gasteiger partial charge in [0.1, 0.15) is 6.54 Å². The van der Waals surface area contributed by atoms with Gasteiger partial charge in [0.25, 0.3) is 5.91 Å². The van der Waals surface area contributed by atoms with E-state index in [0.717, 1.165) is 4.70 Å². The predicted molar refractivity (Wildman–Crippen MR) is 105 cm³/mol. The molecular weight excluding hydrogens is 412 g/mol. The molecule has 0 unspecified atom stereocenters. The summed E-state index contributed by atoms with van der Waals surface area (Å²) in [4.78, 5) is 29.6.